The van der Waals surface area contributed by atoms with Crippen LogP contribution in [-0.4, -0.2) is 36.5 Å². The molecular formula is C18H19N3O2. The maximum absolute atomic E-state index is 11.1. The first-order valence-electron chi connectivity index (χ1n) is 7.94. The number of rotatable bonds is 1. The third-order valence-corrected chi connectivity index (χ3v) is 4.96. The summed E-state index contributed by atoms with van der Waals surface area (Å²) in [7, 11) is 2.15. The van der Waals surface area contributed by atoms with E-state index in [-0.39, 0.29) is 10.6 Å². The Balaban J connectivity index is 1.88. The van der Waals surface area contributed by atoms with Gasteiger partial charge in [-0.1, -0.05) is 24.3 Å². The fourth-order valence-corrected chi connectivity index (χ4v) is 3.81. The second-order valence-corrected chi connectivity index (χ2v) is 6.42. The van der Waals surface area contributed by atoms with Crippen LogP contribution in [0.4, 0.5) is 11.4 Å². The lowest BCUT2D eigenvalue weighted by molar-refractivity contribution is -0.384. The van der Waals surface area contributed by atoms with Crippen molar-refractivity contribution in [2.24, 2.45) is 0 Å². The van der Waals surface area contributed by atoms with Gasteiger partial charge in [0.2, 0.25) is 0 Å². The molecule has 2 aromatic rings. The second-order valence-electron chi connectivity index (χ2n) is 6.42. The van der Waals surface area contributed by atoms with E-state index < -0.39 is 0 Å². The Hall–Kier alpha value is -2.40. The number of nitro benzene ring substituents is 1. The fourth-order valence-electron chi connectivity index (χ4n) is 3.81. The SMILES string of the molecule is CN1CCN2c3ccc([N+](=O)[O-])cc3Cc3ccccc3C2C1. The summed E-state index contributed by atoms with van der Waals surface area (Å²) in [5.41, 5.74) is 4.99. The number of non-ortho nitro benzene ring substituents is 1. The van der Waals surface area contributed by atoms with Crippen molar-refractivity contribution in [1.29, 1.82) is 0 Å². The number of fused-ring (bicyclic) bond motifs is 5. The van der Waals surface area contributed by atoms with Crippen LogP contribution in [0.15, 0.2) is 42.5 Å². The average molecular weight is 309 g/mol. The van der Waals surface area contributed by atoms with E-state index >= 15 is 0 Å². The molecule has 1 atom stereocenters. The Morgan fingerprint density at radius 3 is 2.78 bits per heavy atom. The van der Waals surface area contributed by atoms with Crippen molar-refractivity contribution >= 4 is 11.4 Å². The molecule has 0 bridgehead atoms. The Labute approximate surface area is 135 Å². The van der Waals surface area contributed by atoms with Gasteiger partial charge in [-0.3, -0.25) is 10.1 Å². The van der Waals surface area contributed by atoms with E-state index in [1.165, 1.54) is 11.1 Å². The highest BCUT2D eigenvalue weighted by Crippen LogP contribution is 2.40. The molecule has 0 amide bonds. The van der Waals surface area contributed by atoms with Crippen LogP contribution in [0, 0.1) is 10.1 Å². The summed E-state index contributed by atoms with van der Waals surface area (Å²) in [6.07, 6.45) is 0.754. The van der Waals surface area contributed by atoms with Crippen molar-refractivity contribution in [3.8, 4) is 0 Å². The summed E-state index contributed by atoms with van der Waals surface area (Å²) in [4.78, 5) is 15.6. The van der Waals surface area contributed by atoms with E-state index in [0.717, 1.165) is 37.3 Å². The molecule has 5 nitrogen and oxygen atoms in total. The molecule has 5 heteroatoms. The molecule has 23 heavy (non-hydrogen) atoms. The van der Waals surface area contributed by atoms with Gasteiger partial charge in [-0.25, -0.2) is 0 Å². The molecule has 1 saturated heterocycles. The molecule has 2 aromatic carbocycles. The molecule has 0 spiro atoms. The number of benzene rings is 2. The number of hydrogen-bond donors (Lipinski definition) is 0. The highest BCUT2D eigenvalue weighted by Gasteiger charge is 2.32. The molecule has 0 N–H and O–H groups in total. The normalized spacial score (nSPS) is 20.2. The van der Waals surface area contributed by atoms with Crippen molar-refractivity contribution in [2.45, 2.75) is 12.5 Å². The third-order valence-electron chi connectivity index (χ3n) is 4.96. The van der Waals surface area contributed by atoms with Gasteiger partial charge < -0.3 is 9.80 Å². The molecule has 1 fully saturated rings. The molecular weight excluding hydrogens is 290 g/mol. The molecule has 0 aromatic heterocycles. The van der Waals surface area contributed by atoms with Crippen molar-refractivity contribution in [2.75, 3.05) is 31.6 Å². The average Bonchev–Trinajstić information content (AvgIpc) is 2.68. The van der Waals surface area contributed by atoms with E-state index in [4.69, 9.17) is 0 Å². The molecule has 2 aliphatic rings. The van der Waals surface area contributed by atoms with Gasteiger partial charge >= 0.3 is 0 Å². The van der Waals surface area contributed by atoms with Gasteiger partial charge in [0.15, 0.2) is 0 Å². The standard InChI is InChI=1S/C18H19N3O2/c1-19-8-9-20-17-7-6-15(21(22)23)11-14(17)10-13-4-2-3-5-16(13)18(20)12-19/h2-7,11,18H,8-10,12H2,1H3. The monoisotopic (exact) mass is 309 g/mol. The van der Waals surface area contributed by atoms with Crippen LogP contribution in [0.3, 0.4) is 0 Å². The second kappa shape index (κ2) is 5.35. The topological polar surface area (TPSA) is 49.6 Å². The summed E-state index contributed by atoms with van der Waals surface area (Å²) in [6.45, 7) is 2.93. The number of nitro groups is 1. The van der Waals surface area contributed by atoms with Gasteiger partial charge in [-0.15, -0.1) is 0 Å². The minimum absolute atomic E-state index is 0.175. The highest BCUT2D eigenvalue weighted by atomic mass is 16.6. The predicted octanol–water partition coefficient (Wildman–Crippen LogP) is 2.99. The Morgan fingerprint density at radius 1 is 1.13 bits per heavy atom. The number of anilines is 1. The maximum Gasteiger partial charge on any atom is 0.269 e. The van der Waals surface area contributed by atoms with Crippen LogP contribution in [0.1, 0.15) is 22.7 Å². The van der Waals surface area contributed by atoms with Gasteiger partial charge in [0.25, 0.3) is 5.69 Å². The van der Waals surface area contributed by atoms with E-state index in [2.05, 4.69) is 41.1 Å². The van der Waals surface area contributed by atoms with Gasteiger partial charge in [0, 0.05) is 43.9 Å². The molecule has 1 unspecified atom stereocenters. The molecule has 118 valence electrons. The minimum Gasteiger partial charge on any atom is -0.362 e. The first kappa shape index (κ1) is 14.2. The van der Waals surface area contributed by atoms with Crippen LogP contribution in [0.25, 0.3) is 0 Å². The van der Waals surface area contributed by atoms with Gasteiger partial charge in [-0.2, -0.15) is 0 Å². The van der Waals surface area contributed by atoms with Gasteiger partial charge in [0.1, 0.15) is 0 Å². The third kappa shape index (κ3) is 2.37. The van der Waals surface area contributed by atoms with Crippen molar-refractivity contribution in [1.82, 2.24) is 4.90 Å². The van der Waals surface area contributed by atoms with Crippen LogP contribution in [-0.2, 0) is 6.42 Å². The zero-order valence-electron chi connectivity index (χ0n) is 13.1. The maximum atomic E-state index is 11.1. The lowest BCUT2D eigenvalue weighted by Gasteiger charge is -2.41. The zero-order valence-corrected chi connectivity index (χ0v) is 13.1. The van der Waals surface area contributed by atoms with Gasteiger partial charge in [0.05, 0.1) is 11.0 Å². The van der Waals surface area contributed by atoms with Crippen LogP contribution < -0.4 is 4.90 Å². The molecule has 0 saturated carbocycles. The fraction of sp³-hybridized carbons (Fsp3) is 0.333. The Bertz CT molecular complexity index is 775. The summed E-state index contributed by atoms with van der Waals surface area (Å²) < 4.78 is 0. The summed E-state index contributed by atoms with van der Waals surface area (Å²) in [5.74, 6) is 0. The Kier molecular flexibility index (Phi) is 3.31. The van der Waals surface area contributed by atoms with E-state index in [1.807, 2.05) is 6.07 Å². The van der Waals surface area contributed by atoms with Crippen LogP contribution in [0.2, 0.25) is 0 Å². The van der Waals surface area contributed by atoms with Crippen LogP contribution in [0.5, 0.6) is 0 Å². The van der Waals surface area contributed by atoms with Crippen molar-refractivity contribution in [3.63, 3.8) is 0 Å². The first-order valence-corrected chi connectivity index (χ1v) is 7.94. The van der Waals surface area contributed by atoms with E-state index in [1.54, 1.807) is 12.1 Å². The molecule has 4 rings (SSSR count). The van der Waals surface area contributed by atoms with E-state index in [9.17, 15) is 10.1 Å². The highest BCUT2D eigenvalue weighted by molar-refractivity contribution is 5.63. The van der Waals surface area contributed by atoms with Gasteiger partial charge in [-0.05, 0) is 29.8 Å². The summed E-state index contributed by atoms with van der Waals surface area (Å²) in [6, 6.07) is 14.1. The molecule has 0 radical (unpaired) electrons. The van der Waals surface area contributed by atoms with E-state index in [0.29, 0.717) is 6.04 Å². The summed E-state index contributed by atoms with van der Waals surface area (Å²) >= 11 is 0. The zero-order chi connectivity index (χ0) is 16.0. The quantitative estimate of drug-likeness (QED) is 0.600. The molecule has 0 aliphatic carbocycles. The number of piperazine rings is 1. The number of nitrogens with zero attached hydrogens (tertiary/aromatic N) is 3. The lowest BCUT2D eigenvalue weighted by atomic mass is 9.96. The molecule has 2 heterocycles. The minimum atomic E-state index is -0.307. The van der Waals surface area contributed by atoms with Crippen molar-refractivity contribution < 1.29 is 4.92 Å². The first-order chi connectivity index (χ1) is 11.1. The largest absolute Gasteiger partial charge is 0.362 e. The number of likely N-dealkylation sites (N-methyl/N-ethyl adjacent to an activating group) is 1. The van der Waals surface area contributed by atoms with Crippen LogP contribution >= 0.6 is 0 Å². The molecule has 2 aliphatic heterocycles. The smallest absolute Gasteiger partial charge is 0.269 e. The number of hydrogen-bond acceptors (Lipinski definition) is 4. The lowest BCUT2D eigenvalue weighted by Crippen LogP contribution is -2.46. The summed E-state index contributed by atoms with van der Waals surface area (Å²) in [5, 5.41) is 11.1. The predicted molar refractivity (Wildman–Crippen MR) is 89.9 cm³/mol. The van der Waals surface area contributed by atoms with Crippen molar-refractivity contribution in [3.05, 3.63) is 69.3 Å². The Morgan fingerprint density at radius 2 is 1.96 bits per heavy atom.